The Labute approximate surface area is 93.0 Å². The average Bonchev–Trinajstić information content (AvgIpc) is 2.29. The van der Waals surface area contributed by atoms with E-state index < -0.39 is 5.82 Å². The number of methoxy groups -OCH3 is 1. The number of amides is 1. The molecule has 0 atom stereocenters. The summed E-state index contributed by atoms with van der Waals surface area (Å²) >= 11 is 0. The number of carbonyl (C=O) groups is 1. The molecule has 1 amide bonds. The fourth-order valence-corrected chi connectivity index (χ4v) is 1.20. The lowest BCUT2D eigenvalue weighted by Gasteiger charge is -2.07. The summed E-state index contributed by atoms with van der Waals surface area (Å²) in [5.41, 5.74) is 0.473. The lowest BCUT2D eigenvalue weighted by molar-refractivity contribution is -0.116. The zero-order valence-corrected chi connectivity index (χ0v) is 9.00. The Kier molecular flexibility index (Phi) is 4.72. The van der Waals surface area contributed by atoms with Crippen molar-refractivity contribution >= 4 is 11.6 Å². The van der Waals surface area contributed by atoms with Crippen molar-refractivity contribution in [2.75, 3.05) is 19.0 Å². The van der Waals surface area contributed by atoms with E-state index in [1.165, 1.54) is 25.3 Å². The molecule has 88 valence electrons. The maximum absolute atomic E-state index is 13.0. The Balaban J connectivity index is 2.63. The Morgan fingerprint density at radius 1 is 1.56 bits per heavy atom. The number of benzene rings is 1. The molecule has 0 saturated carbocycles. The highest BCUT2D eigenvalue weighted by molar-refractivity contribution is 5.90. The summed E-state index contributed by atoms with van der Waals surface area (Å²) in [6.45, 7) is -0.0276. The Morgan fingerprint density at radius 3 is 2.94 bits per heavy atom. The molecule has 0 aliphatic rings. The Hall–Kier alpha value is -1.62. The molecule has 0 spiro atoms. The third-order valence-corrected chi connectivity index (χ3v) is 2.00. The summed E-state index contributed by atoms with van der Waals surface area (Å²) in [5, 5.41) is 11.1. The van der Waals surface area contributed by atoms with Crippen LogP contribution in [0.25, 0.3) is 0 Å². The fraction of sp³-hybridized carbons (Fsp3) is 0.364. The second-order valence-corrected chi connectivity index (χ2v) is 3.22. The first-order valence-electron chi connectivity index (χ1n) is 4.91. The monoisotopic (exact) mass is 227 g/mol. The van der Waals surface area contributed by atoms with Crippen molar-refractivity contribution in [3.8, 4) is 5.75 Å². The quantitative estimate of drug-likeness (QED) is 0.802. The van der Waals surface area contributed by atoms with Gasteiger partial charge in [0.2, 0.25) is 5.91 Å². The topological polar surface area (TPSA) is 58.6 Å². The molecule has 0 aliphatic heterocycles. The molecule has 0 aromatic heterocycles. The van der Waals surface area contributed by atoms with E-state index in [9.17, 15) is 9.18 Å². The van der Waals surface area contributed by atoms with E-state index in [0.29, 0.717) is 12.1 Å². The van der Waals surface area contributed by atoms with Crippen LogP contribution in [0.3, 0.4) is 0 Å². The van der Waals surface area contributed by atoms with Crippen LogP contribution in [0.2, 0.25) is 0 Å². The molecular formula is C11H14FNO3. The zero-order valence-electron chi connectivity index (χ0n) is 9.00. The van der Waals surface area contributed by atoms with Gasteiger partial charge in [0.1, 0.15) is 0 Å². The molecule has 0 heterocycles. The number of hydrogen-bond donors (Lipinski definition) is 2. The molecule has 0 unspecified atom stereocenters. The summed E-state index contributed by atoms with van der Waals surface area (Å²) in [4.78, 5) is 11.3. The van der Waals surface area contributed by atoms with E-state index in [1.807, 2.05) is 0 Å². The predicted molar refractivity (Wildman–Crippen MR) is 57.9 cm³/mol. The smallest absolute Gasteiger partial charge is 0.224 e. The Bertz CT molecular complexity index is 368. The SMILES string of the molecule is COc1cc(NC(=O)CCCO)ccc1F. The zero-order chi connectivity index (χ0) is 12.0. The van der Waals surface area contributed by atoms with E-state index in [-0.39, 0.29) is 24.7 Å². The van der Waals surface area contributed by atoms with E-state index in [2.05, 4.69) is 5.32 Å². The summed E-state index contributed by atoms with van der Waals surface area (Å²) in [5.74, 6) is -0.612. The van der Waals surface area contributed by atoms with Crippen molar-refractivity contribution in [1.29, 1.82) is 0 Å². The number of rotatable bonds is 5. The second-order valence-electron chi connectivity index (χ2n) is 3.22. The number of carbonyl (C=O) groups excluding carboxylic acids is 1. The van der Waals surface area contributed by atoms with Gasteiger partial charge in [-0.3, -0.25) is 4.79 Å². The standard InChI is InChI=1S/C11H14FNO3/c1-16-10-7-8(4-5-9(10)12)13-11(15)3-2-6-14/h4-5,7,14H,2-3,6H2,1H3,(H,13,15). The normalized spacial score (nSPS) is 9.94. The van der Waals surface area contributed by atoms with Gasteiger partial charge < -0.3 is 15.2 Å². The van der Waals surface area contributed by atoms with Crippen molar-refractivity contribution < 1.29 is 19.0 Å². The molecule has 4 nitrogen and oxygen atoms in total. The van der Waals surface area contributed by atoms with Gasteiger partial charge in [-0.1, -0.05) is 0 Å². The van der Waals surface area contributed by atoms with Gasteiger partial charge in [0.25, 0.3) is 0 Å². The van der Waals surface area contributed by atoms with Gasteiger partial charge in [0.15, 0.2) is 11.6 Å². The molecule has 1 aromatic rings. The van der Waals surface area contributed by atoms with Gasteiger partial charge in [0, 0.05) is 24.8 Å². The maximum atomic E-state index is 13.0. The van der Waals surface area contributed by atoms with Gasteiger partial charge in [-0.15, -0.1) is 0 Å². The number of aliphatic hydroxyl groups excluding tert-OH is 1. The molecule has 0 saturated heterocycles. The second kappa shape index (κ2) is 6.07. The lowest BCUT2D eigenvalue weighted by atomic mass is 10.2. The molecule has 2 N–H and O–H groups in total. The summed E-state index contributed by atoms with van der Waals surface area (Å²) in [6.07, 6.45) is 0.639. The van der Waals surface area contributed by atoms with Crippen molar-refractivity contribution in [1.82, 2.24) is 0 Å². The fourth-order valence-electron chi connectivity index (χ4n) is 1.20. The highest BCUT2D eigenvalue weighted by atomic mass is 19.1. The van der Waals surface area contributed by atoms with Gasteiger partial charge in [-0.2, -0.15) is 0 Å². The van der Waals surface area contributed by atoms with E-state index >= 15 is 0 Å². The molecule has 0 fully saturated rings. The van der Waals surface area contributed by atoms with Crippen LogP contribution in [-0.2, 0) is 4.79 Å². The van der Waals surface area contributed by atoms with Crippen LogP contribution >= 0.6 is 0 Å². The number of nitrogens with one attached hydrogen (secondary N) is 1. The highest BCUT2D eigenvalue weighted by Crippen LogP contribution is 2.21. The number of anilines is 1. The van der Waals surface area contributed by atoms with Crippen molar-refractivity contribution in [2.24, 2.45) is 0 Å². The number of halogens is 1. The minimum absolute atomic E-state index is 0.0276. The van der Waals surface area contributed by atoms with Crippen LogP contribution in [0.4, 0.5) is 10.1 Å². The van der Waals surface area contributed by atoms with Gasteiger partial charge in [-0.05, 0) is 18.6 Å². The minimum Gasteiger partial charge on any atom is -0.494 e. The van der Waals surface area contributed by atoms with Crippen molar-refractivity contribution in [3.05, 3.63) is 24.0 Å². The largest absolute Gasteiger partial charge is 0.494 e. The first-order chi connectivity index (χ1) is 7.67. The highest BCUT2D eigenvalue weighted by Gasteiger charge is 2.06. The lowest BCUT2D eigenvalue weighted by Crippen LogP contribution is -2.11. The first-order valence-corrected chi connectivity index (χ1v) is 4.91. The van der Waals surface area contributed by atoms with Crippen molar-refractivity contribution in [3.63, 3.8) is 0 Å². The number of hydrogen-bond acceptors (Lipinski definition) is 3. The van der Waals surface area contributed by atoms with Crippen LogP contribution in [0.5, 0.6) is 5.75 Å². The third kappa shape index (κ3) is 3.51. The summed E-state index contributed by atoms with van der Waals surface area (Å²) in [6, 6.07) is 4.08. The Morgan fingerprint density at radius 2 is 2.31 bits per heavy atom. The van der Waals surface area contributed by atoms with Crippen LogP contribution in [-0.4, -0.2) is 24.7 Å². The molecule has 0 bridgehead atoms. The minimum atomic E-state index is -0.476. The third-order valence-electron chi connectivity index (χ3n) is 2.00. The number of ether oxygens (including phenoxy) is 1. The van der Waals surface area contributed by atoms with Crippen LogP contribution < -0.4 is 10.1 Å². The van der Waals surface area contributed by atoms with Gasteiger partial charge in [0.05, 0.1) is 7.11 Å². The number of aliphatic hydroxyl groups is 1. The average molecular weight is 227 g/mol. The van der Waals surface area contributed by atoms with Crippen LogP contribution in [0, 0.1) is 5.82 Å². The van der Waals surface area contributed by atoms with E-state index in [0.717, 1.165) is 0 Å². The molecule has 0 aliphatic carbocycles. The molecular weight excluding hydrogens is 213 g/mol. The van der Waals surface area contributed by atoms with Crippen molar-refractivity contribution in [2.45, 2.75) is 12.8 Å². The van der Waals surface area contributed by atoms with Crippen LogP contribution in [0.1, 0.15) is 12.8 Å². The first kappa shape index (κ1) is 12.4. The van der Waals surface area contributed by atoms with Crippen LogP contribution in [0.15, 0.2) is 18.2 Å². The molecule has 1 aromatic carbocycles. The summed E-state index contributed by atoms with van der Waals surface area (Å²) in [7, 11) is 1.36. The maximum Gasteiger partial charge on any atom is 0.224 e. The summed E-state index contributed by atoms with van der Waals surface area (Å²) < 4.78 is 17.8. The van der Waals surface area contributed by atoms with Gasteiger partial charge >= 0.3 is 0 Å². The molecule has 16 heavy (non-hydrogen) atoms. The molecule has 5 heteroatoms. The van der Waals surface area contributed by atoms with Gasteiger partial charge in [-0.25, -0.2) is 4.39 Å². The molecule has 0 radical (unpaired) electrons. The molecule has 1 rings (SSSR count). The van der Waals surface area contributed by atoms with E-state index in [4.69, 9.17) is 9.84 Å². The van der Waals surface area contributed by atoms with E-state index in [1.54, 1.807) is 0 Å². The predicted octanol–water partition coefficient (Wildman–Crippen LogP) is 1.55.